The molecular formula is C18H25N3O2. The first-order chi connectivity index (χ1) is 11.1. The van der Waals surface area contributed by atoms with Crippen LogP contribution in [0, 0.1) is 11.3 Å². The van der Waals surface area contributed by atoms with Crippen molar-refractivity contribution < 1.29 is 9.53 Å². The van der Waals surface area contributed by atoms with Crippen molar-refractivity contribution in [3.05, 3.63) is 29.8 Å². The minimum Gasteiger partial charge on any atom is -0.496 e. The van der Waals surface area contributed by atoms with E-state index in [1.54, 1.807) is 7.11 Å². The van der Waals surface area contributed by atoms with E-state index in [-0.39, 0.29) is 12.5 Å². The van der Waals surface area contributed by atoms with Crippen LogP contribution in [0.5, 0.6) is 5.75 Å². The van der Waals surface area contributed by atoms with E-state index in [2.05, 4.69) is 11.4 Å². The summed E-state index contributed by atoms with van der Waals surface area (Å²) in [5.74, 6) is 0.728. The Hall–Kier alpha value is -2.06. The lowest BCUT2D eigenvalue weighted by molar-refractivity contribution is -0.123. The van der Waals surface area contributed by atoms with E-state index in [9.17, 15) is 10.1 Å². The van der Waals surface area contributed by atoms with E-state index in [0.29, 0.717) is 6.54 Å². The number of amides is 1. The summed E-state index contributed by atoms with van der Waals surface area (Å²) in [6.45, 7) is 0.887. The quantitative estimate of drug-likeness (QED) is 0.876. The predicted molar refractivity (Wildman–Crippen MR) is 88.9 cm³/mol. The van der Waals surface area contributed by atoms with Crippen molar-refractivity contribution in [2.75, 3.05) is 20.7 Å². The highest BCUT2D eigenvalue weighted by molar-refractivity contribution is 5.79. The third-order valence-electron chi connectivity index (χ3n) is 4.35. The third-order valence-corrected chi connectivity index (χ3v) is 4.35. The van der Waals surface area contributed by atoms with Gasteiger partial charge in [-0.1, -0.05) is 37.5 Å². The van der Waals surface area contributed by atoms with Crippen LogP contribution in [0.2, 0.25) is 0 Å². The lowest BCUT2D eigenvalue weighted by atomic mass is 9.83. The fourth-order valence-electron chi connectivity index (χ4n) is 3.15. The molecule has 1 saturated carbocycles. The van der Waals surface area contributed by atoms with Crippen LogP contribution in [-0.2, 0) is 11.3 Å². The van der Waals surface area contributed by atoms with Crippen LogP contribution in [0.1, 0.15) is 37.7 Å². The van der Waals surface area contributed by atoms with Crippen LogP contribution in [0.25, 0.3) is 0 Å². The van der Waals surface area contributed by atoms with Crippen LogP contribution >= 0.6 is 0 Å². The molecule has 1 amide bonds. The Labute approximate surface area is 138 Å². The average Bonchev–Trinajstić information content (AvgIpc) is 2.56. The first kappa shape index (κ1) is 17.3. The van der Waals surface area contributed by atoms with E-state index < -0.39 is 5.54 Å². The monoisotopic (exact) mass is 315 g/mol. The highest BCUT2D eigenvalue weighted by Crippen LogP contribution is 2.27. The van der Waals surface area contributed by atoms with Gasteiger partial charge < -0.3 is 10.1 Å². The number of ether oxygens (including phenoxy) is 1. The second-order valence-corrected chi connectivity index (χ2v) is 6.29. The zero-order valence-electron chi connectivity index (χ0n) is 14.0. The Bertz CT molecular complexity index is 574. The summed E-state index contributed by atoms with van der Waals surface area (Å²) in [7, 11) is 3.54. The molecule has 124 valence electrons. The number of nitrogens with zero attached hydrogens (tertiary/aromatic N) is 2. The Morgan fingerprint density at radius 2 is 2.04 bits per heavy atom. The lowest BCUT2D eigenvalue weighted by Crippen LogP contribution is -2.51. The van der Waals surface area contributed by atoms with Gasteiger partial charge in [-0.15, -0.1) is 0 Å². The van der Waals surface area contributed by atoms with Gasteiger partial charge >= 0.3 is 0 Å². The van der Waals surface area contributed by atoms with Crippen LogP contribution in [-0.4, -0.2) is 37.0 Å². The second-order valence-electron chi connectivity index (χ2n) is 6.29. The van der Waals surface area contributed by atoms with Gasteiger partial charge in [-0.05, 0) is 26.0 Å². The minimum absolute atomic E-state index is 0.0918. The molecule has 0 heterocycles. The molecule has 0 radical (unpaired) electrons. The van der Waals surface area contributed by atoms with Gasteiger partial charge in [0.05, 0.1) is 19.7 Å². The van der Waals surface area contributed by atoms with E-state index >= 15 is 0 Å². The van der Waals surface area contributed by atoms with Crippen molar-refractivity contribution in [3.8, 4) is 11.8 Å². The zero-order chi connectivity index (χ0) is 16.7. The molecule has 1 aromatic rings. The molecule has 1 N–H and O–H groups in total. The van der Waals surface area contributed by atoms with E-state index in [1.165, 1.54) is 0 Å². The molecule has 0 saturated heterocycles. The van der Waals surface area contributed by atoms with Crippen molar-refractivity contribution in [1.29, 1.82) is 5.26 Å². The molecule has 1 aliphatic carbocycles. The Kier molecular flexibility index (Phi) is 6.00. The SMILES string of the molecule is COc1ccccc1CN(C)CC(=O)NC1(C#N)CCCCC1. The zero-order valence-corrected chi connectivity index (χ0v) is 14.0. The van der Waals surface area contributed by atoms with Gasteiger partial charge in [-0.3, -0.25) is 9.69 Å². The van der Waals surface area contributed by atoms with Gasteiger partial charge in [0.25, 0.3) is 0 Å². The van der Waals surface area contributed by atoms with E-state index in [4.69, 9.17) is 4.74 Å². The minimum atomic E-state index is -0.666. The molecule has 5 nitrogen and oxygen atoms in total. The molecule has 2 rings (SSSR count). The Morgan fingerprint density at radius 3 is 2.70 bits per heavy atom. The maximum absolute atomic E-state index is 12.3. The molecule has 0 spiro atoms. The summed E-state index contributed by atoms with van der Waals surface area (Å²) < 4.78 is 5.34. The molecule has 1 fully saturated rings. The van der Waals surface area contributed by atoms with Crippen LogP contribution in [0.3, 0.4) is 0 Å². The third kappa shape index (κ3) is 4.70. The van der Waals surface area contributed by atoms with Crippen molar-refractivity contribution in [3.63, 3.8) is 0 Å². The first-order valence-corrected chi connectivity index (χ1v) is 8.11. The number of nitriles is 1. The summed E-state index contributed by atoms with van der Waals surface area (Å²) in [6.07, 6.45) is 4.67. The molecule has 0 bridgehead atoms. The number of para-hydroxylation sites is 1. The number of benzene rings is 1. The first-order valence-electron chi connectivity index (χ1n) is 8.11. The number of hydrogen-bond donors (Lipinski definition) is 1. The summed E-state index contributed by atoms with van der Waals surface area (Å²) in [6, 6.07) is 10.1. The highest BCUT2D eigenvalue weighted by atomic mass is 16.5. The second kappa shape index (κ2) is 7.98. The van der Waals surface area contributed by atoms with Gasteiger partial charge in [-0.25, -0.2) is 0 Å². The molecule has 1 aliphatic rings. The number of rotatable bonds is 6. The molecule has 23 heavy (non-hydrogen) atoms. The standard InChI is InChI=1S/C18H25N3O2/c1-21(12-15-8-4-5-9-16(15)23-2)13-17(22)20-18(14-19)10-6-3-7-11-18/h4-5,8-9H,3,6-7,10-13H2,1-2H3,(H,20,22). The van der Waals surface area contributed by atoms with Gasteiger partial charge in [0.15, 0.2) is 0 Å². The van der Waals surface area contributed by atoms with Crippen molar-refractivity contribution in [2.45, 2.75) is 44.2 Å². The molecular weight excluding hydrogens is 290 g/mol. The molecule has 0 aromatic heterocycles. The average molecular weight is 315 g/mol. The fraction of sp³-hybridized carbons (Fsp3) is 0.556. The molecule has 0 aliphatic heterocycles. The van der Waals surface area contributed by atoms with Crippen LogP contribution in [0.15, 0.2) is 24.3 Å². The van der Waals surface area contributed by atoms with E-state index in [0.717, 1.165) is 43.4 Å². The molecule has 1 aromatic carbocycles. The fourth-order valence-corrected chi connectivity index (χ4v) is 3.15. The summed E-state index contributed by atoms with van der Waals surface area (Å²) in [4.78, 5) is 14.2. The maximum Gasteiger partial charge on any atom is 0.235 e. The summed E-state index contributed by atoms with van der Waals surface area (Å²) in [5.41, 5.74) is 0.374. The largest absolute Gasteiger partial charge is 0.496 e. The van der Waals surface area contributed by atoms with Gasteiger partial charge in [0.1, 0.15) is 11.3 Å². The number of hydrogen-bond acceptors (Lipinski definition) is 4. The van der Waals surface area contributed by atoms with Crippen LogP contribution < -0.4 is 10.1 Å². The number of likely N-dealkylation sites (N-methyl/N-ethyl adjacent to an activating group) is 1. The van der Waals surface area contributed by atoms with Crippen LogP contribution in [0.4, 0.5) is 0 Å². The predicted octanol–water partition coefficient (Wildman–Crippen LogP) is 2.47. The number of carbonyl (C=O) groups excluding carboxylic acids is 1. The van der Waals surface area contributed by atoms with Gasteiger partial charge in [0.2, 0.25) is 5.91 Å². The maximum atomic E-state index is 12.3. The lowest BCUT2D eigenvalue weighted by Gasteiger charge is -2.32. The van der Waals surface area contributed by atoms with Gasteiger partial charge in [-0.2, -0.15) is 5.26 Å². The topological polar surface area (TPSA) is 65.4 Å². The number of nitrogens with one attached hydrogen (secondary N) is 1. The summed E-state index contributed by atoms with van der Waals surface area (Å²) >= 11 is 0. The Morgan fingerprint density at radius 1 is 1.35 bits per heavy atom. The highest BCUT2D eigenvalue weighted by Gasteiger charge is 2.33. The number of methoxy groups -OCH3 is 1. The summed E-state index contributed by atoms with van der Waals surface area (Å²) in [5, 5.41) is 12.4. The van der Waals surface area contributed by atoms with E-state index in [1.807, 2.05) is 36.2 Å². The van der Waals surface area contributed by atoms with Crippen molar-refractivity contribution in [2.24, 2.45) is 0 Å². The number of carbonyl (C=O) groups is 1. The van der Waals surface area contributed by atoms with Crippen molar-refractivity contribution >= 4 is 5.91 Å². The normalized spacial score (nSPS) is 16.6. The molecule has 5 heteroatoms. The smallest absolute Gasteiger partial charge is 0.235 e. The Balaban J connectivity index is 1.90. The van der Waals surface area contributed by atoms with Gasteiger partial charge in [0, 0.05) is 12.1 Å². The molecule has 0 unspecified atom stereocenters. The van der Waals surface area contributed by atoms with Crippen molar-refractivity contribution in [1.82, 2.24) is 10.2 Å². The molecule has 0 atom stereocenters.